The van der Waals surface area contributed by atoms with E-state index in [-0.39, 0.29) is 17.7 Å². The number of carbonyl (C=O) groups excluding carboxylic acids is 2. The van der Waals surface area contributed by atoms with Gasteiger partial charge in [0.05, 0.1) is 7.11 Å². The molecule has 0 radical (unpaired) electrons. The smallest absolute Gasteiger partial charge is 0.255 e. The highest BCUT2D eigenvalue weighted by atomic mass is 35.5. The molecule has 2 amide bonds. The van der Waals surface area contributed by atoms with Gasteiger partial charge in [-0.15, -0.1) is 0 Å². The van der Waals surface area contributed by atoms with Gasteiger partial charge in [0.1, 0.15) is 11.6 Å². The lowest BCUT2D eigenvalue weighted by Crippen LogP contribution is -2.40. The van der Waals surface area contributed by atoms with Crippen molar-refractivity contribution in [3.05, 3.63) is 83.0 Å². The minimum absolute atomic E-state index is 0.0463. The Labute approximate surface area is 204 Å². The molecule has 3 aromatic rings. The molecule has 1 aliphatic heterocycles. The van der Waals surface area contributed by atoms with Crippen molar-refractivity contribution in [2.45, 2.75) is 19.4 Å². The van der Waals surface area contributed by atoms with Crippen LogP contribution in [0.5, 0.6) is 5.75 Å². The highest BCUT2D eigenvalue weighted by molar-refractivity contribution is 6.30. The summed E-state index contributed by atoms with van der Waals surface area (Å²) in [4.78, 5) is 31.9. The zero-order chi connectivity index (χ0) is 23.9. The summed E-state index contributed by atoms with van der Waals surface area (Å²) in [6.07, 6.45) is 3.09. The number of anilines is 2. The summed E-state index contributed by atoms with van der Waals surface area (Å²) in [5.41, 5.74) is 2.16. The highest BCUT2D eigenvalue weighted by Gasteiger charge is 2.25. The van der Waals surface area contributed by atoms with Crippen molar-refractivity contribution < 1.29 is 14.3 Å². The van der Waals surface area contributed by atoms with Crippen LogP contribution in [0.4, 0.5) is 11.5 Å². The zero-order valence-corrected chi connectivity index (χ0v) is 19.7. The van der Waals surface area contributed by atoms with Gasteiger partial charge in [-0.25, -0.2) is 4.98 Å². The van der Waals surface area contributed by atoms with Gasteiger partial charge in [-0.05, 0) is 54.8 Å². The lowest BCUT2D eigenvalue weighted by Gasteiger charge is -2.32. The molecule has 1 saturated heterocycles. The number of amides is 2. The maximum atomic E-state index is 12.7. The number of rotatable bonds is 7. The summed E-state index contributed by atoms with van der Waals surface area (Å²) in [6.45, 7) is 1.86. The number of piperidine rings is 1. The standard InChI is InChI=1S/C26H27ClN4O3/c1-34-23-7-3-6-22(16-23)30-26(33)20-8-11-28-24(15-20)31-12-9-19(10-13-31)25(32)29-17-18-4-2-5-21(27)14-18/h2-8,11,14-16,19H,9-10,12-13,17H2,1H3,(H,29,32)(H,30,33). The van der Waals surface area contributed by atoms with Crippen molar-refractivity contribution in [1.82, 2.24) is 10.3 Å². The van der Waals surface area contributed by atoms with Crippen molar-refractivity contribution >= 4 is 34.9 Å². The van der Waals surface area contributed by atoms with Crippen LogP contribution >= 0.6 is 11.6 Å². The minimum Gasteiger partial charge on any atom is -0.497 e. The fraction of sp³-hybridized carbons (Fsp3) is 0.269. The summed E-state index contributed by atoms with van der Waals surface area (Å²) < 4.78 is 5.21. The van der Waals surface area contributed by atoms with Crippen LogP contribution in [0.3, 0.4) is 0 Å². The van der Waals surface area contributed by atoms with E-state index in [1.165, 1.54) is 0 Å². The van der Waals surface area contributed by atoms with E-state index in [0.29, 0.717) is 41.7 Å². The van der Waals surface area contributed by atoms with E-state index in [1.807, 2.05) is 42.5 Å². The van der Waals surface area contributed by atoms with E-state index in [9.17, 15) is 9.59 Å². The van der Waals surface area contributed by atoms with Crippen LogP contribution in [0.2, 0.25) is 5.02 Å². The molecule has 1 fully saturated rings. The number of methoxy groups -OCH3 is 1. The second-order valence-corrected chi connectivity index (χ2v) is 8.63. The quantitative estimate of drug-likeness (QED) is 0.521. The molecule has 1 aliphatic rings. The van der Waals surface area contributed by atoms with Crippen LogP contribution in [-0.4, -0.2) is 37.0 Å². The molecule has 0 spiro atoms. The normalized spacial score (nSPS) is 13.9. The van der Waals surface area contributed by atoms with Gasteiger partial charge < -0.3 is 20.3 Å². The largest absolute Gasteiger partial charge is 0.497 e. The Bertz CT molecular complexity index is 1160. The fourth-order valence-electron chi connectivity index (χ4n) is 3.99. The molecule has 0 unspecified atom stereocenters. The number of hydrogen-bond donors (Lipinski definition) is 2. The van der Waals surface area contributed by atoms with E-state index < -0.39 is 0 Å². The number of nitrogens with zero attached hydrogens (tertiary/aromatic N) is 2. The topological polar surface area (TPSA) is 83.6 Å². The van der Waals surface area contributed by atoms with Crippen LogP contribution in [-0.2, 0) is 11.3 Å². The van der Waals surface area contributed by atoms with E-state index >= 15 is 0 Å². The van der Waals surface area contributed by atoms with Crippen molar-refractivity contribution in [3.63, 3.8) is 0 Å². The van der Waals surface area contributed by atoms with Crippen LogP contribution in [0.1, 0.15) is 28.8 Å². The number of benzene rings is 2. The molecule has 1 aromatic heterocycles. The Kier molecular flexibility index (Phi) is 7.65. The van der Waals surface area contributed by atoms with Crippen LogP contribution in [0, 0.1) is 5.92 Å². The number of ether oxygens (including phenoxy) is 1. The lowest BCUT2D eigenvalue weighted by molar-refractivity contribution is -0.125. The van der Waals surface area contributed by atoms with Crippen molar-refractivity contribution in [1.29, 1.82) is 0 Å². The molecule has 0 atom stereocenters. The summed E-state index contributed by atoms with van der Waals surface area (Å²) in [5, 5.41) is 6.56. The molecule has 0 saturated carbocycles. The number of hydrogen-bond acceptors (Lipinski definition) is 5. The molecule has 7 nitrogen and oxygen atoms in total. The number of halogens is 1. The predicted octanol–water partition coefficient (Wildman–Crippen LogP) is 4.53. The molecule has 34 heavy (non-hydrogen) atoms. The summed E-state index contributed by atoms with van der Waals surface area (Å²) in [6, 6.07) is 18.2. The summed E-state index contributed by atoms with van der Waals surface area (Å²) in [7, 11) is 1.59. The van der Waals surface area contributed by atoms with E-state index in [2.05, 4.69) is 20.5 Å². The highest BCUT2D eigenvalue weighted by Crippen LogP contribution is 2.24. The Balaban J connectivity index is 1.31. The first kappa shape index (κ1) is 23.6. The van der Waals surface area contributed by atoms with Crippen LogP contribution in [0.25, 0.3) is 0 Å². The van der Waals surface area contributed by atoms with Gasteiger partial charge in [-0.2, -0.15) is 0 Å². The Morgan fingerprint density at radius 2 is 1.88 bits per heavy atom. The number of carbonyl (C=O) groups is 2. The first-order chi connectivity index (χ1) is 16.5. The second-order valence-electron chi connectivity index (χ2n) is 8.20. The van der Waals surface area contributed by atoms with Gasteiger partial charge in [0.25, 0.3) is 5.91 Å². The third-order valence-electron chi connectivity index (χ3n) is 5.88. The van der Waals surface area contributed by atoms with E-state index in [0.717, 1.165) is 24.2 Å². The van der Waals surface area contributed by atoms with Gasteiger partial charge in [0, 0.05) is 54.1 Å². The van der Waals surface area contributed by atoms with Crippen molar-refractivity contribution in [3.8, 4) is 5.75 Å². The molecule has 0 aliphatic carbocycles. The minimum atomic E-state index is -0.216. The van der Waals surface area contributed by atoms with Gasteiger partial charge in [0.15, 0.2) is 0 Å². The molecular weight excluding hydrogens is 452 g/mol. The second kappa shape index (κ2) is 11.0. The van der Waals surface area contributed by atoms with Crippen LogP contribution in [0.15, 0.2) is 66.9 Å². The average molecular weight is 479 g/mol. The van der Waals surface area contributed by atoms with Crippen LogP contribution < -0.4 is 20.3 Å². The zero-order valence-electron chi connectivity index (χ0n) is 19.0. The third kappa shape index (κ3) is 6.05. The SMILES string of the molecule is COc1cccc(NC(=O)c2ccnc(N3CCC(C(=O)NCc4cccc(Cl)c4)CC3)c2)c1. The molecule has 0 bridgehead atoms. The molecule has 176 valence electrons. The number of aromatic nitrogens is 1. The molecule has 2 N–H and O–H groups in total. The Morgan fingerprint density at radius 1 is 1.09 bits per heavy atom. The van der Waals surface area contributed by atoms with E-state index in [1.54, 1.807) is 31.5 Å². The molecule has 2 aromatic carbocycles. The molecule has 4 rings (SSSR count). The van der Waals surface area contributed by atoms with Gasteiger partial charge >= 0.3 is 0 Å². The van der Waals surface area contributed by atoms with Gasteiger partial charge in [-0.3, -0.25) is 9.59 Å². The first-order valence-electron chi connectivity index (χ1n) is 11.2. The maximum Gasteiger partial charge on any atom is 0.255 e. The molecule has 8 heteroatoms. The lowest BCUT2D eigenvalue weighted by atomic mass is 9.95. The summed E-state index contributed by atoms with van der Waals surface area (Å²) >= 11 is 6.01. The molecular formula is C26H27ClN4O3. The van der Waals surface area contributed by atoms with Crippen molar-refractivity contribution in [2.75, 3.05) is 30.4 Å². The van der Waals surface area contributed by atoms with E-state index in [4.69, 9.17) is 16.3 Å². The summed E-state index contributed by atoms with van der Waals surface area (Å²) in [5.74, 6) is 1.20. The maximum absolute atomic E-state index is 12.7. The monoisotopic (exact) mass is 478 g/mol. The van der Waals surface area contributed by atoms with Crippen molar-refractivity contribution in [2.24, 2.45) is 5.92 Å². The molecule has 2 heterocycles. The number of pyridine rings is 1. The predicted molar refractivity (Wildman–Crippen MR) is 133 cm³/mol. The third-order valence-corrected chi connectivity index (χ3v) is 6.12. The Morgan fingerprint density at radius 3 is 2.65 bits per heavy atom. The first-order valence-corrected chi connectivity index (χ1v) is 11.6. The number of nitrogens with one attached hydrogen (secondary N) is 2. The van der Waals surface area contributed by atoms with Gasteiger partial charge in [-0.1, -0.05) is 29.8 Å². The van der Waals surface area contributed by atoms with Gasteiger partial charge in [0.2, 0.25) is 5.91 Å². The fourth-order valence-corrected chi connectivity index (χ4v) is 4.20. The Hall–Kier alpha value is -3.58. The average Bonchev–Trinajstić information content (AvgIpc) is 2.87.